The topological polar surface area (TPSA) is 86.5 Å². The minimum absolute atomic E-state index is 0.0925. The van der Waals surface area contributed by atoms with Crippen LogP contribution in [0.15, 0.2) is 17.0 Å². The number of hydrogen-bond donors (Lipinski definition) is 0. The van der Waals surface area contributed by atoms with E-state index in [0.717, 1.165) is 0 Å². The van der Waals surface area contributed by atoms with Crippen LogP contribution in [0.1, 0.15) is 5.56 Å². The summed E-state index contributed by atoms with van der Waals surface area (Å²) >= 11 is 0. The van der Waals surface area contributed by atoms with Gasteiger partial charge in [-0.25, -0.2) is 8.42 Å². The van der Waals surface area contributed by atoms with Crippen molar-refractivity contribution in [1.82, 2.24) is 0 Å². The smallest absolute Gasteiger partial charge is 0.420 e. The van der Waals surface area contributed by atoms with Gasteiger partial charge in [0, 0.05) is 16.7 Å². The zero-order valence-corrected chi connectivity index (χ0v) is 11.0. The first-order valence-electron chi connectivity index (χ1n) is 4.63. The van der Waals surface area contributed by atoms with Crippen LogP contribution in [-0.4, -0.2) is 20.0 Å². The summed E-state index contributed by atoms with van der Waals surface area (Å²) in [5, 5.41) is 10.6. The van der Waals surface area contributed by atoms with Crippen LogP contribution >= 0.6 is 10.7 Å². The number of nitro benzene ring substituents is 1. The lowest BCUT2D eigenvalue weighted by Crippen LogP contribution is -2.14. The van der Waals surface area contributed by atoms with Gasteiger partial charge >= 0.3 is 18.5 Å². The second-order valence-electron chi connectivity index (χ2n) is 3.39. The van der Waals surface area contributed by atoms with Crippen molar-refractivity contribution >= 4 is 25.4 Å². The van der Waals surface area contributed by atoms with Gasteiger partial charge in [0.2, 0.25) is 5.75 Å². The number of alkyl halides is 5. The Balaban J connectivity index is 3.79. The molecule has 0 fully saturated rings. The fraction of sp³-hybridized carbons (Fsp3) is 0.250. The van der Waals surface area contributed by atoms with Crippen molar-refractivity contribution in [2.75, 3.05) is 0 Å². The predicted octanol–water partition coefficient (Wildman–Crippen LogP) is 3.14. The van der Waals surface area contributed by atoms with Crippen LogP contribution in [0.5, 0.6) is 5.75 Å². The highest BCUT2D eigenvalue weighted by atomic mass is 35.7. The summed E-state index contributed by atoms with van der Waals surface area (Å²) in [6.45, 7) is -3.79. The summed E-state index contributed by atoms with van der Waals surface area (Å²) in [4.78, 5) is 7.86. The van der Waals surface area contributed by atoms with Gasteiger partial charge in [0.05, 0.1) is 9.82 Å². The largest absolute Gasteiger partial charge is 0.427 e. The van der Waals surface area contributed by atoms with E-state index >= 15 is 0 Å². The Morgan fingerprint density at radius 3 is 2.14 bits per heavy atom. The van der Waals surface area contributed by atoms with Gasteiger partial charge in [-0.05, 0) is 6.07 Å². The maximum absolute atomic E-state index is 12.7. The second-order valence-corrected chi connectivity index (χ2v) is 5.96. The average Bonchev–Trinajstić information content (AvgIpc) is 2.24. The van der Waals surface area contributed by atoms with Gasteiger partial charge in [0.25, 0.3) is 9.05 Å². The molecule has 0 N–H and O–H groups in total. The standard InChI is InChI=1S/C8H3ClF5NO5S/c9-21(18,19)3-1-4(8(12,13)14)6(20-7(10)11)5(2-3)15(16)17/h1-2,7H. The van der Waals surface area contributed by atoms with Crippen molar-refractivity contribution in [3.05, 3.63) is 27.8 Å². The maximum atomic E-state index is 12.7. The molecule has 13 heteroatoms. The van der Waals surface area contributed by atoms with Crippen LogP contribution < -0.4 is 4.74 Å². The summed E-state index contributed by atoms with van der Waals surface area (Å²) < 4.78 is 87.9. The number of ether oxygens (including phenoxy) is 1. The first-order chi connectivity index (χ1) is 9.34. The number of halogens is 6. The quantitative estimate of drug-likeness (QED) is 0.358. The molecule has 0 aromatic heterocycles. The van der Waals surface area contributed by atoms with Gasteiger partial charge in [-0.1, -0.05) is 0 Å². The zero-order chi connectivity index (χ0) is 16.6. The molecular weight excluding hydrogens is 353 g/mol. The average molecular weight is 356 g/mol. The Morgan fingerprint density at radius 2 is 1.81 bits per heavy atom. The highest BCUT2D eigenvalue weighted by Gasteiger charge is 2.41. The maximum Gasteiger partial charge on any atom is 0.420 e. The lowest BCUT2D eigenvalue weighted by molar-refractivity contribution is -0.386. The highest BCUT2D eigenvalue weighted by Crippen LogP contribution is 2.44. The van der Waals surface area contributed by atoms with E-state index in [-0.39, 0.29) is 12.1 Å². The van der Waals surface area contributed by atoms with Gasteiger partial charge < -0.3 is 4.74 Å². The molecule has 0 radical (unpaired) electrons. The van der Waals surface area contributed by atoms with E-state index in [0.29, 0.717) is 0 Å². The molecule has 0 saturated carbocycles. The van der Waals surface area contributed by atoms with Gasteiger partial charge in [0.15, 0.2) is 0 Å². The molecule has 6 nitrogen and oxygen atoms in total. The number of hydrogen-bond acceptors (Lipinski definition) is 5. The first kappa shape index (κ1) is 17.4. The number of benzene rings is 1. The van der Waals surface area contributed by atoms with Crippen molar-refractivity contribution in [1.29, 1.82) is 0 Å². The SMILES string of the molecule is O=[N+]([O-])c1cc(S(=O)(=O)Cl)cc(C(F)(F)F)c1OC(F)F. The van der Waals surface area contributed by atoms with Crippen LogP contribution in [0.25, 0.3) is 0 Å². The summed E-state index contributed by atoms with van der Waals surface area (Å²) in [6.07, 6.45) is -5.38. The van der Waals surface area contributed by atoms with Crippen molar-refractivity contribution < 1.29 is 40.0 Å². The number of nitro groups is 1. The van der Waals surface area contributed by atoms with Crippen LogP contribution in [0, 0.1) is 10.1 Å². The molecule has 0 atom stereocenters. The first-order valence-corrected chi connectivity index (χ1v) is 6.94. The van der Waals surface area contributed by atoms with E-state index in [1.807, 2.05) is 0 Å². The van der Waals surface area contributed by atoms with E-state index in [2.05, 4.69) is 4.74 Å². The van der Waals surface area contributed by atoms with Crippen molar-refractivity contribution in [2.45, 2.75) is 17.7 Å². The molecule has 0 spiro atoms. The Bertz CT molecular complexity index is 674. The summed E-state index contributed by atoms with van der Waals surface area (Å²) in [5.41, 5.74) is -3.67. The van der Waals surface area contributed by atoms with Crippen molar-refractivity contribution in [3.8, 4) is 5.75 Å². The third-order valence-corrected chi connectivity index (χ3v) is 3.37. The van der Waals surface area contributed by atoms with Crippen LogP contribution in [0.3, 0.4) is 0 Å². The highest BCUT2D eigenvalue weighted by molar-refractivity contribution is 8.13. The van der Waals surface area contributed by atoms with E-state index in [9.17, 15) is 40.5 Å². The van der Waals surface area contributed by atoms with Gasteiger partial charge in [0.1, 0.15) is 5.56 Å². The van der Waals surface area contributed by atoms with E-state index in [1.165, 1.54) is 0 Å². The molecule has 1 aromatic carbocycles. The Kier molecular flexibility index (Phi) is 4.63. The molecule has 0 aliphatic rings. The summed E-state index contributed by atoms with van der Waals surface area (Å²) in [6, 6.07) is -0.0394. The molecule has 0 bridgehead atoms. The molecule has 0 unspecified atom stereocenters. The Morgan fingerprint density at radius 1 is 1.29 bits per heavy atom. The van der Waals surface area contributed by atoms with Crippen LogP contribution in [-0.2, 0) is 15.2 Å². The molecule has 0 heterocycles. The fourth-order valence-corrected chi connectivity index (χ4v) is 2.07. The van der Waals surface area contributed by atoms with Crippen LogP contribution in [0.4, 0.5) is 27.6 Å². The molecule has 1 aromatic rings. The minimum Gasteiger partial charge on any atom is -0.427 e. The van der Waals surface area contributed by atoms with E-state index < -0.39 is 48.7 Å². The lowest BCUT2D eigenvalue weighted by atomic mass is 10.1. The third-order valence-electron chi connectivity index (χ3n) is 2.03. The predicted molar refractivity (Wildman–Crippen MR) is 57.8 cm³/mol. The lowest BCUT2D eigenvalue weighted by Gasteiger charge is -2.14. The van der Waals surface area contributed by atoms with E-state index in [4.69, 9.17) is 10.7 Å². The Labute approximate surface area is 117 Å². The minimum atomic E-state index is -5.38. The van der Waals surface area contributed by atoms with Crippen molar-refractivity contribution in [3.63, 3.8) is 0 Å². The normalized spacial score (nSPS) is 12.5. The number of nitrogens with zero attached hydrogens (tertiary/aromatic N) is 1. The monoisotopic (exact) mass is 355 g/mol. The molecule has 0 aliphatic carbocycles. The zero-order valence-electron chi connectivity index (χ0n) is 9.40. The molecule has 0 saturated heterocycles. The second kappa shape index (κ2) is 5.60. The summed E-state index contributed by atoms with van der Waals surface area (Å²) in [7, 11) is 0.0465. The van der Waals surface area contributed by atoms with Gasteiger partial charge in [-0.3, -0.25) is 10.1 Å². The van der Waals surface area contributed by atoms with Gasteiger partial charge in [-0.2, -0.15) is 22.0 Å². The van der Waals surface area contributed by atoms with E-state index in [1.54, 1.807) is 0 Å². The van der Waals surface area contributed by atoms with Crippen LogP contribution in [0.2, 0.25) is 0 Å². The summed E-state index contributed by atoms with van der Waals surface area (Å²) in [5.74, 6) is -1.80. The molecule has 0 amide bonds. The third kappa shape index (κ3) is 4.14. The molecule has 0 aliphatic heterocycles. The number of rotatable bonds is 4. The van der Waals surface area contributed by atoms with Gasteiger partial charge in [-0.15, -0.1) is 0 Å². The molecule has 1 rings (SSSR count). The molecule has 21 heavy (non-hydrogen) atoms. The fourth-order valence-electron chi connectivity index (χ4n) is 1.29. The molecular formula is C8H3ClF5NO5S. The Hall–Kier alpha value is -1.69. The van der Waals surface area contributed by atoms with Crippen molar-refractivity contribution in [2.24, 2.45) is 0 Å². The molecule has 118 valence electrons.